The van der Waals surface area contributed by atoms with E-state index in [1.165, 1.54) is 29.2 Å². The average Bonchev–Trinajstić information content (AvgIpc) is 3.76. The number of ether oxygens (including phenoxy) is 1. The van der Waals surface area contributed by atoms with Crippen LogP contribution in [0.15, 0.2) is 42.5 Å². The van der Waals surface area contributed by atoms with Crippen LogP contribution in [0.3, 0.4) is 0 Å². The van der Waals surface area contributed by atoms with Crippen LogP contribution in [0.1, 0.15) is 44.2 Å². The maximum absolute atomic E-state index is 14.1. The summed E-state index contributed by atoms with van der Waals surface area (Å²) in [7, 11) is 1.64. The fourth-order valence-corrected chi connectivity index (χ4v) is 4.96. The van der Waals surface area contributed by atoms with Crippen molar-refractivity contribution >= 4 is 11.8 Å². The van der Waals surface area contributed by atoms with E-state index in [-0.39, 0.29) is 36.1 Å². The zero-order valence-corrected chi connectivity index (χ0v) is 23.3. The molecule has 0 saturated heterocycles. The number of benzene rings is 2. The number of carbonyl (C=O) groups excluding carboxylic acids is 2. The number of aliphatic hydroxyl groups excluding tert-OH is 1. The molecule has 8 nitrogen and oxygen atoms in total. The minimum absolute atomic E-state index is 0.157. The molecular weight excluding hydrogens is 518 g/mol. The zero-order chi connectivity index (χ0) is 28.8. The average molecular weight is 559 g/mol. The molecule has 2 aliphatic rings. The second-order valence-corrected chi connectivity index (χ2v) is 11.0. The first-order valence-corrected chi connectivity index (χ1v) is 14.0. The first-order valence-electron chi connectivity index (χ1n) is 14.0. The summed E-state index contributed by atoms with van der Waals surface area (Å²) in [5.74, 6) is -0.628. The fraction of sp³-hybridized carbons (Fsp3) is 0.533. The Morgan fingerprint density at radius 1 is 1.05 bits per heavy atom. The SMILES string of the molecule is C[C@@H]1CN[C@@H](C2CC2)C(=O)N(C)[C@H](C)C(O)N[C@H](Cc2ccc(F)cc2)C(=O)NCCCc2ccc(F)cc2O1. The molecule has 2 amide bonds. The third-order valence-corrected chi connectivity index (χ3v) is 7.72. The van der Waals surface area contributed by atoms with Crippen LogP contribution in [0.4, 0.5) is 8.78 Å². The van der Waals surface area contributed by atoms with Crippen LogP contribution in [-0.4, -0.2) is 72.4 Å². The Labute approximate surface area is 234 Å². The molecule has 0 radical (unpaired) electrons. The number of nitrogens with one attached hydrogen (secondary N) is 3. The van der Waals surface area contributed by atoms with E-state index in [1.54, 1.807) is 32.2 Å². The van der Waals surface area contributed by atoms with Gasteiger partial charge in [-0.05, 0) is 81.2 Å². The van der Waals surface area contributed by atoms with Gasteiger partial charge in [0.15, 0.2) is 0 Å². The summed E-state index contributed by atoms with van der Waals surface area (Å²) in [5.41, 5.74) is 1.55. The molecule has 1 saturated carbocycles. The molecule has 1 fully saturated rings. The van der Waals surface area contributed by atoms with Gasteiger partial charge in [0.05, 0.1) is 18.1 Å². The molecule has 2 aromatic rings. The van der Waals surface area contributed by atoms with E-state index in [2.05, 4.69) is 16.0 Å². The van der Waals surface area contributed by atoms with Crippen molar-refractivity contribution in [1.29, 1.82) is 0 Å². The van der Waals surface area contributed by atoms with Crippen molar-refractivity contribution in [2.75, 3.05) is 20.1 Å². The lowest BCUT2D eigenvalue weighted by atomic mass is 10.0. The van der Waals surface area contributed by atoms with Crippen molar-refractivity contribution in [2.24, 2.45) is 5.92 Å². The molecule has 1 heterocycles. The van der Waals surface area contributed by atoms with Gasteiger partial charge in [-0.25, -0.2) is 8.78 Å². The first-order chi connectivity index (χ1) is 19.1. The van der Waals surface area contributed by atoms with Crippen molar-refractivity contribution < 1.29 is 28.2 Å². The number of fused-ring (bicyclic) bond motifs is 1. The van der Waals surface area contributed by atoms with Crippen molar-refractivity contribution in [1.82, 2.24) is 20.9 Å². The van der Waals surface area contributed by atoms with Gasteiger partial charge in [0.2, 0.25) is 11.8 Å². The summed E-state index contributed by atoms with van der Waals surface area (Å²) in [6, 6.07) is 8.39. The smallest absolute Gasteiger partial charge is 0.240 e. The van der Waals surface area contributed by atoms with Crippen molar-refractivity contribution in [2.45, 2.75) is 76.4 Å². The lowest BCUT2D eigenvalue weighted by Crippen LogP contribution is -2.59. The molecule has 4 rings (SSSR count). The molecule has 5 atom stereocenters. The van der Waals surface area contributed by atoms with E-state index in [9.17, 15) is 23.5 Å². The van der Waals surface area contributed by atoms with Gasteiger partial charge < -0.3 is 25.4 Å². The molecule has 0 aromatic heterocycles. The predicted molar refractivity (Wildman–Crippen MR) is 148 cm³/mol. The quantitative estimate of drug-likeness (QED) is 0.462. The maximum atomic E-state index is 14.1. The standard InChI is InChI=1S/C30H40F2N4O4/c1-18-17-34-27(22-8-9-22)30(39)36(3)19(2)28(37)35-25(15-20-6-11-23(31)12-7-20)29(38)33-14-4-5-21-10-13-24(32)16-26(21)40-18/h6-7,10-13,16,18-19,22,25,27-28,34-35,37H,4-5,8-9,14-15,17H2,1-3H3,(H,33,38)/t18-,19-,25-,27+,28?/m1/s1. The summed E-state index contributed by atoms with van der Waals surface area (Å²) in [6.45, 7) is 4.33. The molecule has 40 heavy (non-hydrogen) atoms. The van der Waals surface area contributed by atoms with Crippen molar-refractivity contribution in [3.63, 3.8) is 0 Å². The van der Waals surface area contributed by atoms with Crippen LogP contribution in [0.2, 0.25) is 0 Å². The van der Waals surface area contributed by atoms with Crippen LogP contribution < -0.4 is 20.7 Å². The van der Waals surface area contributed by atoms with E-state index in [0.29, 0.717) is 31.7 Å². The highest BCUT2D eigenvalue weighted by Crippen LogP contribution is 2.34. The Morgan fingerprint density at radius 2 is 1.75 bits per heavy atom. The summed E-state index contributed by atoms with van der Waals surface area (Å²) >= 11 is 0. The molecule has 1 unspecified atom stereocenters. The van der Waals surface area contributed by atoms with Gasteiger partial charge in [-0.3, -0.25) is 14.9 Å². The van der Waals surface area contributed by atoms with E-state index in [1.807, 2.05) is 6.92 Å². The van der Waals surface area contributed by atoms with Gasteiger partial charge >= 0.3 is 0 Å². The highest BCUT2D eigenvalue weighted by molar-refractivity contribution is 5.83. The Kier molecular flexibility index (Phi) is 10.1. The number of nitrogens with zero attached hydrogens (tertiary/aromatic N) is 1. The molecule has 1 aliphatic carbocycles. The molecule has 1 aliphatic heterocycles. The predicted octanol–water partition coefficient (Wildman–Crippen LogP) is 2.53. The van der Waals surface area contributed by atoms with Gasteiger partial charge in [0, 0.05) is 26.2 Å². The number of hydrogen-bond donors (Lipinski definition) is 4. The lowest BCUT2D eigenvalue weighted by molar-refractivity contribution is -0.137. The monoisotopic (exact) mass is 558 g/mol. The second kappa shape index (κ2) is 13.5. The maximum Gasteiger partial charge on any atom is 0.240 e. The Balaban J connectivity index is 1.57. The van der Waals surface area contributed by atoms with Crippen LogP contribution in [0.5, 0.6) is 5.75 Å². The third-order valence-electron chi connectivity index (χ3n) is 7.72. The van der Waals surface area contributed by atoms with E-state index < -0.39 is 30.2 Å². The fourth-order valence-electron chi connectivity index (χ4n) is 4.96. The largest absolute Gasteiger partial charge is 0.489 e. The number of carbonyl (C=O) groups is 2. The van der Waals surface area contributed by atoms with Gasteiger partial charge in [-0.15, -0.1) is 0 Å². The molecule has 218 valence electrons. The lowest BCUT2D eigenvalue weighted by Gasteiger charge is -2.34. The second-order valence-electron chi connectivity index (χ2n) is 11.0. The number of amides is 2. The summed E-state index contributed by atoms with van der Waals surface area (Å²) in [6.07, 6.45) is 1.70. The number of aliphatic hydroxyl groups is 1. The molecule has 0 spiro atoms. The normalized spacial score (nSPS) is 27.6. The molecule has 0 bridgehead atoms. The molecular formula is C30H40F2N4O4. The molecule has 4 N–H and O–H groups in total. The number of likely N-dealkylation sites (N-methyl/N-ethyl adjacent to an activating group) is 1. The Morgan fingerprint density at radius 3 is 2.45 bits per heavy atom. The van der Waals surface area contributed by atoms with Gasteiger partial charge in [-0.2, -0.15) is 0 Å². The van der Waals surface area contributed by atoms with Crippen LogP contribution in [-0.2, 0) is 22.4 Å². The summed E-state index contributed by atoms with van der Waals surface area (Å²) in [5, 5.41) is 20.3. The summed E-state index contributed by atoms with van der Waals surface area (Å²) < 4.78 is 33.6. The highest BCUT2D eigenvalue weighted by Gasteiger charge is 2.39. The van der Waals surface area contributed by atoms with E-state index in [4.69, 9.17) is 4.74 Å². The topological polar surface area (TPSA) is 103 Å². The summed E-state index contributed by atoms with van der Waals surface area (Å²) in [4.78, 5) is 28.2. The number of halogens is 2. The minimum Gasteiger partial charge on any atom is -0.489 e. The molecule has 10 heteroatoms. The van der Waals surface area contributed by atoms with Gasteiger partial charge in [0.1, 0.15) is 29.7 Å². The van der Waals surface area contributed by atoms with Crippen LogP contribution in [0, 0.1) is 17.6 Å². The highest BCUT2D eigenvalue weighted by atomic mass is 19.1. The number of hydrogen-bond acceptors (Lipinski definition) is 6. The van der Waals surface area contributed by atoms with E-state index >= 15 is 0 Å². The Bertz CT molecular complexity index is 1160. The van der Waals surface area contributed by atoms with Gasteiger partial charge in [0.25, 0.3) is 0 Å². The van der Waals surface area contributed by atoms with Crippen molar-refractivity contribution in [3.05, 3.63) is 65.2 Å². The number of aryl methyl sites for hydroxylation is 1. The van der Waals surface area contributed by atoms with Crippen LogP contribution in [0.25, 0.3) is 0 Å². The third kappa shape index (κ3) is 7.99. The molecule has 2 aromatic carbocycles. The number of rotatable bonds is 3. The minimum atomic E-state index is -1.19. The van der Waals surface area contributed by atoms with Crippen molar-refractivity contribution in [3.8, 4) is 5.75 Å². The Hall–Kier alpha value is -3.08. The van der Waals surface area contributed by atoms with Crippen LogP contribution >= 0.6 is 0 Å². The van der Waals surface area contributed by atoms with E-state index in [0.717, 1.165) is 24.0 Å². The van der Waals surface area contributed by atoms with Gasteiger partial charge in [-0.1, -0.05) is 18.2 Å². The first kappa shape index (κ1) is 29.9. The zero-order valence-electron chi connectivity index (χ0n) is 23.3.